The van der Waals surface area contributed by atoms with Crippen LogP contribution >= 0.6 is 0 Å². The van der Waals surface area contributed by atoms with Gasteiger partial charge in [0.15, 0.2) is 0 Å². The highest BCUT2D eigenvalue weighted by atomic mass is 16.5. The van der Waals surface area contributed by atoms with E-state index in [9.17, 15) is 0 Å². The lowest BCUT2D eigenvalue weighted by molar-refractivity contribution is 0.263. The van der Waals surface area contributed by atoms with Crippen molar-refractivity contribution in [1.29, 1.82) is 0 Å². The van der Waals surface area contributed by atoms with Gasteiger partial charge < -0.3 is 43.6 Å². The van der Waals surface area contributed by atoms with Crippen molar-refractivity contribution in [1.82, 2.24) is 30.7 Å². The van der Waals surface area contributed by atoms with Gasteiger partial charge in [0.1, 0.15) is 34.5 Å². The van der Waals surface area contributed by atoms with Gasteiger partial charge >= 0.3 is 0 Å². The van der Waals surface area contributed by atoms with Gasteiger partial charge in [0.05, 0.1) is 80.0 Å². The maximum atomic E-state index is 6.33. The Labute approximate surface area is 388 Å². The van der Waals surface area contributed by atoms with Crippen LogP contribution in [0, 0.1) is 0 Å². The minimum absolute atomic E-state index is 0.696. The fourth-order valence-corrected chi connectivity index (χ4v) is 8.82. The topological polar surface area (TPSA) is 92.9 Å². The molecule has 0 amide bonds. The van der Waals surface area contributed by atoms with Crippen LogP contribution in [-0.4, -0.2) is 116 Å². The molecule has 3 N–H and O–H groups in total. The van der Waals surface area contributed by atoms with Crippen LogP contribution in [0.1, 0.15) is 0 Å². The molecule has 6 aromatic carbocycles. The summed E-state index contributed by atoms with van der Waals surface area (Å²) in [5, 5.41) is 10.3. The number of hydrogen-bond donors (Lipinski definition) is 3. The van der Waals surface area contributed by atoms with Crippen molar-refractivity contribution in [3.63, 3.8) is 0 Å². The second kappa shape index (κ2) is 19.8. The van der Waals surface area contributed by atoms with E-state index in [-0.39, 0.29) is 0 Å². The first-order valence-corrected chi connectivity index (χ1v) is 22.6. The van der Waals surface area contributed by atoms with Gasteiger partial charge in [-0.1, -0.05) is 0 Å². The lowest BCUT2D eigenvalue weighted by Gasteiger charge is -2.45. The van der Waals surface area contributed by atoms with Crippen molar-refractivity contribution in [2.75, 3.05) is 131 Å². The van der Waals surface area contributed by atoms with Crippen molar-refractivity contribution in [3.05, 3.63) is 146 Å². The molecule has 0 saturated carbocycles. The number of ether oxygens (including phenoxy) is 3. The molecule has 4 aliphatic rings. The van der Waals surface area contributed by atoms with E-state index in [1.807, 2.05) is 36.4 Å². The minimum Gasteiger partial charge on any atom is -0.457 e. The first kappa shape index (κ1) is 43.2. The molecular formula is C51H60N12O3. The van der Waals surface area contributed by atoms with Crippen molar-refractivity contribution in [2.45, 2.75) is 0 Å². The van der Waals surface area contributed by atoms with Crippen LogP contribution in [0.4, 0.5) is 34.1 Å². The van der Waals surface area contributed by atoms with E-state index in [1.54, 1.807) is 0 Å². The van der Waals surface area contributed by atoms with Crippen LogP contribution in [0.2, 0.25) is 0 Å². The molecule has 0 atom stereocenters. The Morgan fingerprint density at radius 3 is 0.652 bits per heavy atom. The summed E-state index contributed by atoms with van der Waals surface area (Å²) >= 11 is 0. The molecule has 0 aromatic heterocycles. The highest BCUT2D eigenvalue weighted by Gasteiger charge is 2.25. The number of hydrogen-bond acceptors (Lipinski definition) is 15. The summed E-state index contributed by atoms with van der Waals surface area (Å²) in [5.41, 5.74) is 6.78. The van der Waals surface area contributed by atoms with E-state index >= 15 is 0 Å². The van der Waals surface area contributed by atoms with Crippen molar-refractivity contribution < 1.29 is 14.2 Å². The molecule has 4 saturated heterocycles. The molecule has 0 spiro atoms. The molecule has 0 aliphatic carbocycles. The maximum absolute atomic E-state index is 6.33. The molecule has 0 unspecified atom stereocenters. The second-order valence-corrected chi connectivity index (χ2v) is 17.6. The summed E-state index contributed by atoms with van der Waals surface area (Å²) in [7, 11) is 6.34. The Morgan fingerprint density at radius 1 is 0.258 bits per heavy atom. The summed E-state index contributed by atoms with van der Waals surface area (Å²) < 4.78 is 19.0. The summed E-state index contributed by atoms with van der Waals surface area (Å²) in [6.45, 7) is 9.90. The van der Waals surface area contributed by atoms with E-state index < -0.39 is 0 Å². The minimum atomic E-state index is 0.696. The normalized spacial score (nSPS) is 17.9. The lowest BCUT2D eigenvalue weighted by atomic mass is 10.2. The molecule has 15 nitrogen and oxygen atoms in total. The van der Waals surface area contributed by atoms with E-state index in [0.717, 1.165) is 129 Å². The fraction of sp³-hybridized carbons (Fsp3) is 0.294. The van der Waals surface area contributed by atoms with Crippen molar-refractivity contribution in [3.8, 4) is 34.5 Å². The van der Waals surface area contributed by atoms with Crippen LogP contribution in [0.3, 0.4) is 0 Å². The van der Waals surface area contributed by atoms with Gasteiger partial charge in [-0.15, -0.1) is 0 Å². The third-order valence-corrected chi connectivity index (χ3v) is 12.2. The van der Waals surface area contributed by atoms with Crippen LogP contribution in [0.15, 0.2) is 146 Å². The molecule has 4 aliphatic heterocycles. The molecule has 342 valence electrons. The standard InChI is InChI=1S/C51H60N12O3/c1-55-28-52-31-58(34-55)40-4-16-46(17-5-40)64-49-22-10-43(11-23-49)61-37-62(44-12-24-50(25-13-44)65-47-18-6-41(7-19-47)59-32-53-29-56(2)35-59)39-63(38-61)45-14-26-51(27-15-45)66-48-20-8-42(9-21-48)60-33-54-30-57(3)36-60/h4-27,52-54H,28-39H2,1-3H3. The van der Waals surface area contributed by atoms with Crippen LogP contribution in [0.5, 0.6) is 34.5 Å². The molecule has 4 fully saturated rings. The van der Waals surface area contributed by atoms with Gasteiger partial charge in [-0.2, -0.15) is 0 Å². The van der Waals surface area contributed by atoms with Gasteiger partial charge in [-0.25, -0.2) is 0 Å². The number of anilines is 6. The Bertz CT molecular complexity index is 2190. The molecule has 15 heteroatoms. The lowest BCUT2D eigenvalue weighted by Crippen LogP contribution is -2.55. The Kier molecular flexibility index (Phi) is 13.0. The van der Waals surface area contributed by atoms with E-state index in [2.05, 4.69) is 190 Å². The molecule has 10 rings (SSSR count). The number of rotatable bonds is 12. The van der Waals surface area contributed by atoms with Crippen molar-refractivity contribution in [2.24, 2.45) is 0 Å². The molecule has 0 radical (unpaired) electrons. The fourth-order valence-electron chi connectivity index (χ4n) is 8.82. The average Bonchev–Trinajstić information content (AvgIpc) is 3.35. The first-order valence-electron chi connectivity index (χ1n) is 22.6. The zero-order valence-electron chi connectivity index (χ0n) is 38.1. The van der Waals surface area contributed by atoms with E-state index in [4.69, 9.17) is 14.2 Å². The van der Waals surface area contributed by atoms with Crippen LogP contribution in [0.25, 0.3) is 0 Å². The Balaban J connectivity index is 0.828. The first-order chi connectivity index (χ1) is 32.3. The molecule has 66 heavy (non-hydrogen) atoms. The van der Waals surface area contributed by atoms with E-state index in [1.165, 1.54) is 0 Å². The average molecular weight is 889 g/mol. The second-order valence-electron chi connectivity index (χ2n) is 17.6. The Hall–Kier alpha value is -6.72. The predicted octanol–water partition coefficient (Wildman–Crippen LogP) is 7.41. The van der Waals surface area contributed by atoms with Crippen LogP contribution in [-0.2, 0) is 0 Å². The number of benzene rings is 6. The van der Waals surface area contributed by atoms with Gasteiger partial charge in [0, 0.05) is 34.1 Å². The van der Waals surface area contributed by atoms with Crippen LogP contribution < -0.4 is 59.6 Å². The SMILES string of the molecule is CN1CNCN(c2ccc(Oc3ccc(N4CN(c5ccc(Oc6ccc(N7CNCN(C)C7)cc6)cc5)CN(c5ccc(Oc6ccc(N7CNCN(C)C7)cc6)cc5)C4)cc3)cc2)C1. The van der Waals surface area contributed by atoms with Gasteiger partial charge in [-0.3, -0.25) is 30.7 Å². The third-order valence-electron chi connectivity index (χ3n) is 12.2. The third kappa shape index (κ3) is 10.5. The summed E-state index contributed by atoms with van der Waals surface area (Å²) in [4.78, 5) is 20.8. The summed E-state index contributed by atoms with van der Waals surface area (Å²) in [6.07, 6.45) is 0. The summed E-state index contributed by atoms with van der Waals surface area (Å²) in [5.74, 6) is 4.79. The molecule has 0 bridgehead atoms. The highest BCUT2D eigenvalue weighted by Crippen LogP contribution is 2.34. The summed E-state index contributed by atoms with van der Waals surface area (Å²) in [6, 6.07) is 50.1. The predicted molar refractivity (Wildman–Crippen MR) is 265 cm³/mol. The zero-order valence-corrected chi connectivity index (χ0v) is 38.1. The quantitative estimate of drug-likeness (QED) is 0.114. The van der Waals surface area contributed by atoms with Gasteiger partial charge in [0.2, 0.25) is 0 Å². The molecule has 6 aromatic rings. The number of nitrogens with one attached hydrogen (secondary N) is 3. The largest absolute Gasteiger partial charge is 0.457 e. The van der Waals surface area contributed by atoms with E-state index in [0.29, 0.717) is 20.0 Å². The zero-order chi connectivity index (χ0) is 44.8. The smallest absolute Gasteiger partial charge is 0.127 e. The van der Waals surface area contributed by atoms with Gasteiger partial charge in [0.25, 0.3) is 0 Å². The maximum Gasteiger partial charge on any atom is 0.127 e. The number of nitrogens with zero attached hydrogens (tertiary/aromatic N) is 9. The molecule has 4 heterocycles. The monoisotopic (exact) mass is 888 g/mol. The van der Waals surface area contributed by atoms with Crippen molar-refractivity contribution >= 4 is 34.1 Å². The highest BCUT2D eigenvalue weighted by molar-refractivity contribution is 5.61. The Morgan fingerprint density at radius 2 is 0.455 bits per heavy atom. The van der Waals surface area contributed by atoms with Gasteiger partial charge in [-0.05, 0) is 167 Å². The molecular weight excluding hydrogens is 829 g/mol.